The number of halogens is 2. The van der Waals surface area contributed by atoms with Crippen LogP contribution in [0, 0.1) is 0 Å². The van der Waals surface area contributed by atoms with E-state index in [9.17, 15) is 5.11 Å². The van der Waals surface area contributed by atoms with Gasteiger partial charge in [0.2, 0.25) is 0 Å². The number of imidazole rings is 1. The zero-order valence-corrected chi connectivity index (χ0v) is 12.2. The maximum Gasteiger partial charge on any atom is 0.137 e. The van der Waals surface area contributed by atoms with Gasteiger partial charge in [-0.1, -0.05) is 39.7 Å². The maximum absolute atomic E-state index is 9.60. The summed E-state index contributed by atoms with van der Waals surface area (Å²) in [6, 6.07) is 11.5. The second-order valence-electron chi connectivity index (χ2n) is 4.15. The molecule has 0 aliphatic heterocycles. The Balaban J connectivity index is 2.25. The summed E-state index contributed by atoms with van der Waals surface area (Å²) in [5.41, 5.74) is 3.25. The quantitative estimate of drug-likeness (QED) is 0.770. The topological polar surface area (TPSA) is 37.5 Å². The fraction of sp³-hybridized carbons (Fsp3) is 0.0714. The van der Waals surface area contributed by atoms with E-state index >= 15 is 0 Å². The molecule has 0 atom stereocenters. The van der Waals surface area contributed by atoms with Gasteiger partial charge in [-0.15, -0.1) is 0 Å². The maximum atomic E-state index is 9.60. The minimum atomic E-state index is -0.0904. The molecule has 0 saturated carbocycles. The molecule has 1 N–H and O–H groups in total. The van der Waals surface area contributed by atoms with Crippen LogP contribution in [0.5, 0.6) is 0 Å². The van der Waals surface area contributed by atoms with Crippen molar-refractivity contribution in [1.82, 2.24) is 9.38 Å². The second-order valence-corrected chi connectivity index (χ2v) is 5.50. The van der Waals surface area contributed by atoms with Crippen LogP contribution in [0.3, 0.4) is 0 Å². The van der Waals surface area contributed by atoms with Crippen molar-refractivity contribution in [2.75, 3.05) is 0 Å². The molecule has 2 heterocycles. The van der Waals surface area contributed by atoms with E-state index in [4.69, 9.17) is 11.6 Å². The van der Waals surface area contributed by atoms with Crippen LogP contribution in [-0.4, -0.2) is 14.5 Å². The standard InChI is InChI=1S/C14H10BrClN2O/c15-10-3-1-9(2-4-10)14-12(8-19)18-7-11(16)5-6-13(18)17-14/h1-7,19H,8H2. The molecule has 96 valence electrons. The van der Waals surface area contributed by atoms with Gasteiger partial charge in [0.1, 0.15) is 5.65 Å². The zero-order valence-electron chi connectivity index (χ0n) is 9.85. The summed E-state index contributed by atoms with van der Waals surface area (Å²) in [7, 11) is 0. The summed E-state index contributed by atoms with van der Waals surface area (Å²) >= 11 is 9.39. The fourth-order valence-electron chi connectivity index (χ4n) is 2.06. The van der Waals surface area contributed by atoms with Gasteiger partial charge in [0, 0.05) is 16.2 Å². The first-order valence-corrected chi connectivity index (χ1v) is 6.89. The van der Waals surface area contributed by atoms with E-state index in [0.717, 1.165) is 27.1 Å². The Kier molecular flexibility index (Phi) is 3.31. The van der Waals surface area contributed by atoms with Crippen molar-refractivity contribution in [3.05, 3.63) is 57.8 Å². The lowest BCUT2D eigenvalue weighted by Crippen LogP contribution is -1.93. The highest BCUT2D eigenvalue weighted by atomic mass is 79.9. The molecule has 0 bridgehead atoms. The Hall–Kier alpha value is -1.36. The molecule has 1 aromatic carbocycles. The molecule has 0 aliphatic carbocycles. The predicted octanol–water partition coefficient (Wildman–Crippen LogP) is 3.91. The van der Waals surface area contributed by atoms with Crippen LogP contribution < -0.4 is 0 Å². The number of aliphatic hydroxyl groups excluding tert-OH is 1. The second kappa shape index (κ2) is 4.96. The lowest BCUT2D eigenvalue weighted by molar-refractivity contribution is 0.276. The van der Waals surface area contributed by atoms with Gasteiger partial charge in [-0.25, -0.2) is 4.98 Å². The molecule has 0 saturated heterocycles. The number of hydrogen-bond acceptors (Lipinski definition) is 2. The molecule has 0 unspecified atom stereocenters. The van der Waals surface area contributed by atoms with Crippen molar-refractivity contribution in [1.29, 1.82) is 0 Å². The van der Waals surface area contributed by atoms with Gasteiger partial charge in [0.15, 0.2) is 0 Å². The smallest absolute Gasteiger partial charge is 0.137 e. The molecule has 0 fully saturated rings. The molecule has 0 radical (unpaired) electrons. The van der Waals surface area contributed by atoms with Crippen molar-refractivity contribution >= 4 is 33.2 Å². The highest BCUT2D eigenvalue weighted by Crippen LogP contribution is 2.26. The summed E-state index contributed by atoms with van der Waals surface area (Å²) in [4.78, 5) is 4.55. The average molecular weight is 338 g/mol. The normalized spacial score (nSPS) is 11.1. The van der Waals surface area contributed by atoms with Crippen molar-refractivity contribution in [2.45, 2.75) is 6.61 Å². The highest BCUT2D eigenvalue weighted by molar-refractivity contribution is 9.10. The van der Waals surface area contributed by atoms with Gasteiger partial charge in [-0.3, -0.25) is 4.40 Å². The molecule has 3 aromatic rings. The molecule has 3 nitrogen and oxygen atoms in total. The number of rotatable bonds is 2. The third kappa shape index (κ3) is 2.27. The van der Waals surface area contributed by atoms with E-state index in [2.05, 4.69) is 20.9 Å². The van der Waals surface area contributed by atoms with Crippen LogP contribution in [-0.2, 0) is 6.61 Å². The van der Waals surface area contributed by atoms with E-state index < -0.39 is 0 Å². The van der Waals surface area contributed by atoms with Crippen molar-refractivity contribution in [3.63, 3.8) is 0 Å². The highest BCUT2D eigenvalue weighted by Gasteiger charge is 2.13. The minimum Gasteiger partial charge on any atom is -0.390 e. The summed E-state index contributed by atoms with van der Waals surface area (Å²) in [6.07, 6.45) is 1.76. The van der Waals surface area contributed by atoms with Crippen LogP contribution in [0.15, 0.2) is 47.1 Å². The number of pyridine rings is 1. The van der Waals surface area contributed by atoms with Crippen molar-refractivity contribution < 1.29 is 5.11 Å². The molecule has 3 rings (SSSR count). The van der Waals surface area contributed by atoms with Gasteiger partial charge >= 0.3 is 0 Å². The first-order valence-electron chi connectivity index (χ1n) is 5.72. The predicted molar refractivity (Wildman–Crippen MR) is 79.3 cm³/mol. The van der Waals surface area contributed by atoms with Gasteiger partial charge in [-0.05, 0) is 24.3 Å². The first-order chi connectivity index (χ1) is 9.19. The SMILES string of the molecule is OCc1c(-c2ccc(Br)cc2)nc2ccc(Cl)cn12. The van der Waals surface area contributed by atoms with Crippen LogP contribution in [0.2, 0.25) is 5.02 Å². The summed E-state index contributed by atoms with van der Waals surface area (Å²) in [6.45, 7) is -0.0904. The van der Waals surface area contributed by atoms with E-state index in [1.54, 1.807) is 12.3 Å². The zero-order chi connectivity index (χ0) is 13.4. The number of aliphatic hydroxyl groups is 1. The van der Waals surface area contributed by atoms with E-state index in [1.165, 1.54) is 0 Å². The number of benzene rings is 1. The van der Waals surface area contributed by atoms with E-state index in [1.807, 2.05) is 34.7 Å². The summed E-state index contributed by atoms with van der Waals surface area (Å²) in [5.74, 6) is 0. The lowest BCUT2D eigenvalue weighted by atomic mass is 10.1. The van der Waals surface area contributed by atoms with Gasteiger partial charge in [-0.2, -0.15) is 0 Å². The number of hydrogen-bond donors (Lipinski definition) is 1. The molecule has 0 spiro atoms. The number of fused-ring (bicyclic) bond motifs is 1. The third-order valence-electron chi connectivity index (χ3n) is 2.95. The first kappa shape index (κ1) is 12.7. The van der Waals surface area contributed by atoms with Crippen LogP contribution in [0.1, 0.15) is 5.69 Å². The molecular formula is C14H10BrClN2O. The Morgan fingerprint density at radius 1 is 1.16 bits per heavy atom. The van der Waals surface area contributed by atoms with Crippen LogP contribution in [0.25, 0.3) is 16.9 Å². The monoisotopic (exact) mass is 336 g/mol. The largest absolute Gasteiger partial charge is 0.390 e. The van der Waals surface area contributed by atoms with E-state index in [0.29, 0.717) is 5.02 Å². The van der Waals surface area contributed by atoms with E-state index in [-0.39, 0.29) is 6.61 Å². The Morgan fingerprint density at radius 2 is 1.89 bits per heavy atom. The third-order valence-corrected chi connectivity index (χ3v) is 3.70. The van der Waals surface area contributed by atoms with Gasteiger partial charge in [0.05, 0.1) is 23.0 Å². The Labute approximate surface area is 123 Å². The molecule has 19 heavy (non-hydrogen) atoms. The molecule has 0 amide bonds. The molecule has 0 aliphatic rings. The van der Waals surface area contributed by atoms with Crippen LogP contribution >= 0.6 is 27.5 Å². The fourth-order valence-corrected chi connectivity index (χ4v) is 2.48. The summed E-state index contributed by atoms with van der Waals surface area (Å²) in [5, 5.41) is 10.2. The van der Waals surface area contributed by atoms with Gasteiger partial charge in [0.25, 0.3) is 0 Å². The number of aromatic nitrogens is 2. The van der Waals surface area contributed by atoms with Gasteiger partial charge < -0.3 is 5.11 Å². The Bertz CT molecular complexity index is 737. The minimum absolute atomic E-state index is 0.0904. The number of nitrogens with zero attached hydrogens (tertiary/aromatic N) is 2. The summed E-state index contributed by atoms with van der Waals surface area (Å²) < 4.78 is 2.83. The lowest BCUT2D eigenvalue weighted by Gasteiger charge is -2.02. The molecule has 5 heteroatoms. The molecule has 2 aromatic heterocycles. The average Bonchev–Trinajstić information content (AvgIpc) is 2.77. The Morgan fingerprint density at radius 3 is 2.58 bits per heavy atom. The van der Waals surface area contributed by atoms with Crippen molar-refractivity contribution in [3.8, 4) is 11.3 Å². The van der Waals surface area contributed by atoms with Crippen LogP contribution in [0.4, 0.5) is 0 Å². The molecular weight excluding hydrogens is 328 g/mol. The van der Waals surface area contributed by atoms with Crippen molar-refractivity contribution in [2.24, 2.45) is 0 Å².